The van der Waals surface area contributed by atoms with Crippen molar-refractivity contribution < 1.29 is 26.0 Å². The monoisotopic (exact) mass is 285 g/mol. The van der Waals surface area contributed by atoms with E-state index in [4.69, 9.17) is 10.7 Å². The van der Waals surface area contributed by atoms with E-state index in [9.17, 15) is 21.6 Å². The summed E-state index contributed by atoms with van der Waals surface area (Å²) in [7, 11) is 1.04. The van der Waals surface area contributed by atoms with Crippen LogP contribution in [-0.4, -0.2) is 13.4 Å². The summed E-state index contributed by atoms with van der Waals surface area (Å²) in [6, 6.07) is 3.01. The highest BCUT2D eigenvalue weighted by Gasteiger charge is 2.37. The minimum atomic E-state index is -4.72. The number of rotatable bonds is 1. The molecule has 0 fully saturated rings. The third-order valence-electron chi connectivity index (χ3n) is 1.88. The van der Waals surface area contributed by atoms with E-state index in [1.165, 1.54) is 0 Å². The fourth-order valence-corrected chi connectivity index (χ4v) is 1.95. The van der Waals surface area contributed by atoms with Crippen LogP contribution in [-0.2, 0) is 15.2 Å². The van der Waals surface area contributed by atoms with E-state index in [-0.39, 0.29) is 16.0 Å². The van der Waals surface area contributed by atoms with Crippen LogP contribution in [0.25, 0.3) is 11.1 Å². The molecule has 0 N–H and O–H groups in total. The molecule has 0 radical (unpaired) electrons. The van der Waals surface area contributed by atoms with E-state index in [0.29, 0.717) is 0 Å². The van der Waals surface area contributed by atoms with E-state index >= 15 is 0 Å². The lowest BCUT2D eigenvalue weighted by molar-refractivity contribution is -0.156. The largest absolute Gasteiger partial charge is 0.468 e. The Morgan fingerprint density at radius 2 is 1.94 bits per heavy atom. The Bertz CT molecular complexity index is 677. The van der Waals surface area contributed by atoms with Crippen molar-refractivity contribution in [2.24, 2.45) is 0 Å². The van der Waals surface area contributed by atoms with Crippen LogP contribution in [0, 0.1) is 0 Å². The number of benzene rings is 1. The second kappa shape index (κ2) is 3.61. The highest BCUT2D eigenvalue weighted by atomic mass is 35.7. The van der Waals surface area contributed by atoms with Gasteiger partial charge in [0.1, 0.15) is 5.52 Å². The van der Waals surface area contributed by atoms with Gasteiger partial charge in [-0.25, -0.2) is 13.4 Å². The first-order valence-electron chi connectivity index (χ1n) is 4.10. The van der Waals surface area contributed by atoms with Gasteiger partial charge in [0.2, 0.25) is 0 Å². The van der Waals surface area contributed by atoms with Gasteiger partial charge in [0.05, 0.1) is 4.90 Å². The Kier molecular flexibility index (Phi) is 2.58. The number of oxazole rings is 1. The lowest BCUT2D eigenvalue weighted by atomic mass is 10.3. The average Bonchev–Trinajstić information content (AvgIpc) is 2.57. The maximum atomic E-state index is 12.3. The van der Waals surface area contributed by atoms with Gasteiger partial charge in [0, 0.05) is 10.7 Å². The first kappa shape index (κ1) is 12.2. The van der Waals surface area contributed by atoms with Gasteiger partial charge in [0.25, 0.3) is 9.05 Å². The highest BCUT2D eigenvalue weighted by Crippen LogP contribution is 2.32. The molecule has 0 saturated carbocycles. The summed E-state index contributed by atoms with van der Waals surface area (Å²) in [5.41, 5.74) is -0.388. The third kappa shape index (κ3) is 2.37. The molecule has 4 nitrogen and oxygen atoms in total. The molecule has 1 aromatic heterocycles. The van der Waals surface area contributed by atoms with E-state index in [1.807, 2.05) is 0 Å². The molecule has 0 aliphatic heterocycles. The van der Waals surface area contributed by atoms with Crippen molar-refractivity contribution >= 4 is 30.8 Å². The molecule has 92 valence electrons. The molecule has 2 aromatic rings. The first-order valence-corrected chi connectivity index (χ1v) is 6.41. The molecule has 0 amide bonds. The van der Waals surface area contributed by atoms with E-state index in [1.54, 1.807) is 0 Å². The van der Waals surface area contributed by atoms with Crippen LogP contribution in [0.4, 0.5) is 13.2 Å². The molecule has 1 heterocycles. The summed E-state index contributed by atoms with van der Waals surface area (Å²) in [5.74, 6) is -1.43. The molecular formula is C8H3ClF3NO3S. The Hall–Kier alpha value is -1.28. The van der Waals surface area contributed by atoms with E-state index in [2.05, 4.69) is 9.40 Å². The summed E-state index contributed by atoms with van der Waals surface area (Å²) >= 11 is 0. The number of halogens is 4. The Morgan fingerprint density at radius 1 is 1.29 bits per heavy atom. The number of fused-ring (bicyclic) bond motifs is 1. The summed E-state index contributed by atoms with van der Waals surface area (Å²) in [5, 5.41) is 0. The molecule has 0 spiro atoms. The van der Waals surface area contributed by atoms with E-state index in [0.717, 1.165) is 18.2 Å². The van der Waals surface area contributed by atoms with Crippen LogP contribution >= 0.6 is 10.7 Å². The van der Waals surface area contributed by atoms with Crippen LogP contribution in [0.15, 0.2) is 27.5 Å². The lowest BCUT2D eigenvalue weighted by Crippen LogP contribution is -2.04. The Labute approximate surface area is 97.4 Å². The van der Waals surface area contributed by atoms with Gasteiger partial charge in [-0.3, -0.25) is 0 Å². The topological polar surface area (TPSA) is 60.2 Å². The van der Waals surface area contributed by atoms with Crippen LogP contribution in [0.2, 0.25) is 0 Å². The first-order chi connectivity index (χ1) is 7.68. The normalized spacial score (nSPS) is 13.2. The molecule has 0 bridgehead atoms. The third-order valence-corrected chi connectivity index (χ3v) is 3.23. The zero-order valence-corrected chi connectivity index (χ0v) is 9.40. The van der Waals surface area contributed by atoms with Crippen molar-refractivity contribution in [3.63, 3.8) is 0 Å². The second-order valence-electron chi connectivity index (χ2n) is 3.08. The maximum Gasteiger partial charge on any atom is 0.468 e. The maximum absolute atomic E-state index is 12.3. The summed E-state index contributed by atoms with van der Waals surface area (Å²) < 4.78 is 63.1. The van der Waals surface area contributed by atoms with Crippen LogP contribution in [0.3, 0.4) is 0 Å². The number of hydrogen-bond donors (Lipinski definition) is 0. The van der Waals surface area contributed by atoms with Gasteiger partial charge in [0.15, 0.2) is 5.58 Å². The minimum Gasteiger partial charge on any atom is -0.433 e. The zero-order valence-electron chi connectivity index (χ0n) is 7.82. The molecule has 0 saturated heterocycles. The summed E-state index contributed by atoms with van der Waals surface area (Å²) in [6.07, 6.45) is -4.72. The molecular weight excluding hydrogens is 283 g/mol. The minimum absolute atomic E-state index is 0.165. The molecule has 2 rings (SSSR count). The Morgan fingerprint density at radius 3 is 2.47 bits per heavy atom. The quantitative estimate of drug-likeness (QED) is 0.756. The van der Waals surface area contributed by atoms with Crippen LogP contribution < -0.4 is 0 Å². The second-order valence-corrected chi connectivity index (χ2v) is 5.65. The summed E-state index contributed by atoms with van der Waals surface area (Å²) in [4.78, 5) is 2.80. The zero-order chi connectivity index (χ0) is 12.8. The molecule has 17 heavy (non-hydrogen) atoms. The van der Waals surface area contributed by atoms with Gasteiger partial charge < -0.3 is 4.42 Å². The van der Waals surface area contributed by atoms with Crippen molar-refractivity contribution in [1.82, 2.24) is 4.98 Å². The number of aromatic nitrogens is 1. The van der Waals surface area contributed by atoms with Gasteiger partial charge >= 0.3 is 12.1 Å². The smallest absolute Gasteiger partial charge is 0.433 e. The fraction of sp³-hybridized carbons (Fsp3) is 0.125. The highest BCUT2D eigenvalue weighted by molar-refractivity contribution is 8.13. The SMILES string of the molecule is O=S(=O)(Cl)c1ccc2oc(C(F)(F)F)nc2c1. The predicted molar refractivity (Wildman–Crippen MR) is 52.0 cm³/mol. The molecule has 0 atom stereocenters. The van der Waals surface area contributed by atoms with Crippen LogP contribution in [0.1, 0.15) is 5.89 Å². The van der Waals surface area contributed by atoms with Crippen molar-refractivity contribution in [2.75, 3.05) is 0 Å². The molecule has 9 heteroatoms. The molecule has 0 aliphatic carbocycles. The van der Waals surface area contributed by atoms with Crippen molar-refractivity contribution in [2.45, 2.75) is 11.1 Å². The van der Waals surface area contributed by atoms with Gasteiger partial charge in [-0.1, -0.05) is 0 Å². The van der Waals surface area contributed by atoms with Gasteiger partial charge in [-0.05, 0) is 18.2 Å². The van der Waals surface area contributed by atoms with Gasteiger partial charge in [-0.15, -0.1) is 0 Å². The summed E-state index contributed by atoms with van der Waals surface area (Å²) in [6.45, 7) is 0. The standard InChI is InChI=1S/C8H3ClF3NO3S/c9-17(14,15)4-1-2-6-5(3-4)13-7(16-6)8(10,11)12/h1-3H. The van der Waals surface area contributed by atoms with Crippen molar-refractivity contribution in [3.05, 3.63) is 24.1 Å². The van der Waals surface area contributed by atoms with Crippen molar-refractivity contribution in [1.29, 1.82) is 0 Å². The fourth-order valence-electron chi connectivity index (χ4n) is 1.18. The van der Waals surface area contributed by atoms with E-state index < -0.39 is 21.1 Å². The number of nitrogens with zero attached hydrogens (tertiary/aromatic N) is 1. The average molecular weight is 286 g/mol. The Balaban J connectivity index is 2.64. The predicted octanol–water partition coefficient (Wildman–Crippen LogP) is 2.77. The molecule has 1 aromatic carbocycles. The number of alkyl halides is 3. The lowest BCUT2D eigenvalue weighted by Gasteiger charge is -1.96. The number of hydrogen-bond acceptors (Lipinski definition) is 4. The van der Waals surface area contributed by atoms with Crippen LogP contribution in [0.5, 0.6) is 0 Å². The molecule has 0 aliphatic rings. The van der Waals surface area contributed by atoms with Gasteiger partial charge in [-0.2, -0.15) is 13.2 Å². The molecule has 0 unspecified atom stereocenters. The van der Waals surface area contributed by atoms with Crippen molar-refractivity contribution in [3.8, 4) is 0 Å².